The normalized spacial score (nSPS) is 19.3. The summed E-state index contributed by atoms with van der Waals surface area (Å²) in [5.74, 6) is -10.4. The van der Waals surface area contributed by atoms with Crippen molar-refractivity contribution in [2.24, 2.45) is 11.8 Å². The van der Waals surface area contributed by atoms with Crippen molar-refractivity contribution in [2.45, 2.75) is 77.0 Å². The fraction of sp³-hybridized carbons (Fsp3) is 0.667. The van der Waals surface area contributed by atoms with E-state index < -0.39 is 78.1 Å². The van der Waals surface area contributed by atoms with E-state index in [9.17, 15) is 37.1 Å². The van der Waals surface area contributed by atoms with E-state index in [4.69, 9.17) is 14.2 Å². The van der Waals surface area contributed by atoms with Crippen LogP contribution in [0.5, 0.6) is 5.75 Å². The van der Waals surface area contributed by atoms with Gasteiger partial charge in [-0.05, 0) is 44.4 Å². The Morgan fingerprint density at radius 1 is 1.02 bits per heavy atom. The SMILES string of the molecule is CC(C)COC(=O)C[C@H](NC(=O)[C@@H]1CCCN(C(=O)OC2CCCC2)C1)C(O)COc1c(F)c(F)cc(F)c1F. The zero-order chi connectivity index (χ0) is 29.4. The first-order valence-electron chi connectivity index (χ1n) is 13.5. The zero-order valence-corrected chi connectivity index (χ0v) is 22.6. The maximum absolute atomic E-state index is 14.0. The van der Waals surface area contributed by atoms with E-state index in [1.54, 1.807) is 0 Å². The zero-order valence-electron chi connectivity index (χ0n) is 22.6. The third-order valence-electron chi connectivity index (χ3n) is 6.85. The minimum absolute atomic E-state index is 0.0104. The van der Waals surface area contributed by atoms with Gasteiger partial charge in [0.25, 0.3) is 0 Å². The molecule has 1 aliphatic heterocycles. The molecule has 2 fully saturated rings. The number of nitrogens with zero attached hydrogens (tertiary/aromatic N) is 1. The highest BCUT2D eigenvalue weighted by molar-refractivity contribution is 5.81. The molecule has 0 radical (unpaired) electrons. The van der Waals surface area contributed by atoms with Crippen molar-refractivity contribution < 1.29 is 51.3 Å². The lowest BCUT2D eigenvalue weighted by molar-refractivity contribution is -0.146. The standard InChI is InChI=1S/C27H36F4N2O7/c1-15(2)13-38-22(35)11-20(21(34)14-39-25-23(30)18(28)10-19(29)24(25)31)32-26(36)16-6-5-9-33(12-16)27(37)40-17-7-3-4-8-17/h10,15-17,20-21,34H,3-9,11-14H2,1-2H3,(H,32,36)/t16-,20+,21?/m1/s1. The number of benzene rings is 1. The van der Waals surface area contributed by atoms with Gasteiger partial charge in [-0.2, -0.15) is 8.78 Å². The maximum Gasteiger partial charge on any atom is 0.410 e. The lowest BCUT2D eigenvalue weighted by atomic mass is 9.96. The van der Waals surface area contributed by atoms with Crippen LogP contribution < -0.4 is 10.1 Å². The number of aliphatic hydroxyl groups excluding tert-OH is 1. The van der Waals surface area contributed by atoms with Crippen LogP contribution in [-0.4, -0.2) is 72.5 Å². The molecule has 1 unspecified atom stereocenters. The van der Waals surface area contributed by atoms with Gasteiger partial charge in [0.1, 0.15) is 18.8 Å². The Balaban J connectivity index is 1.66. The van der Waals surface area contributed by atoms with E-state index in [0.717, 1.165) is 25.7 Å². The van der Waals surface area contributed by atoms with Crippen LogP contribution in [0.25, 0.3) is 0 Å². The van der Waals surface area contributed by atoms with Crippen molar-refractivity contribution in [3.05, 3.63) is 29.3 Å². The Labute approximate surface area is 230 Å². The Morgan fingerprint density at radius 2 is 1.68 bits per heavy atom. The van der Waals surface area contributed by atoms with Gasteiger partial charge in [0.15, 0.2) is 17.4 Å². The number of carbonyl (C=O) groups is 3. The van der Waals surface area contributed by atoms with Gasteiger partial charge in [-0.15, -0.1) is 0 Å². The fourth-order valence-corrected chi connectivity index (χ4v) is 4.63. The second kappa shape index (κ2) is 14.5. The molecule has 2 amide bonds. The number of amides is 2. The molecule has 40 heavy (non-hydrogen) atoms. The number of likely N-dealkylation sites (tertiary alicyclic amines) is 1. The molecule has 224 valence electrons. The first-order chi connectivity index (χ1) is 19.0. The number of hydrogen-bond donors (Lipinski definition) is 2. The molecule has 1 aliphatic carbocycles. The molecule has 1 aromatic rings. The number of nitrogens with one attached hydrogen (secondary N) is 1. The first kappa shape index (κ1) is 31.4. The number of carbonyl (C=O) groups excluding carboxylic acids is 3. The highest BCUT2D eigenvalue weighted by atomic mass is 19.2. The minimum atomic E-state index is -1.80. The number of piperidine rings is 1. The van der Waals surface area contributed by atoms with Crippen LogP contribution in [0.1, 0.15) is 58.8 Å². The summed E-state index contributed by atoms with van der Waals surface area (Å²) >= 11 is 0. The molecular formula is C27H36F4N2O7. The summed E-state index contributed by atoms with van der Waals surface area (Å²) in [7, 11) is 0. The van der Waals surface area contributed by atoms with Crippen molar-refractivity contribution in [2.75, 3.05) is 26.3 Å². The number of esters is 1. The summed E-state index contributed by atoms with van der Waals surface area (Å²) in [6.07, 6.45) is 1.63. The maximum atomic E-state index is 14.0. The van der Waals surface area contributed by atoms with E-state index in [2.05, 4.69) is 5.32 Å². The van der Waals surface area contributed by atoms with Crippen LogP contribution in [0.2, 0.25) is 0 Å². The molecule has 3 atom stereocenters. The number of rotatable bonds is 11. The highest BCUT2D eigenvalue weighted by Gasteiger charge is 2.34. The number of hydrogen-bond acceptors (Lipinski definition) is 7. The molecule has 3 rings (SSSR count). The lowest BCUT2D eigenvalue weighted by Crippen LogP contribution is -2.52. The third kappa shape index (κ3) is 8.70. The fourth-order valence-electron chi connectivity index (χ4n) is 4.63. The molecule has 13 heteroatoms. The summed E-state index contributed by atoms with van der Waals surface area (Å²) in [5.41, 5.74) is 0. The van der Waals surface area contributed by atoms with Gasteiger partial charge >= 0.3 is 12.1 Å². The van der Waals surface area contributed by atoms with E-state index in [1.165, 1.54) is 4.90 Å². The van der Waals surface area contributed by atoms with Gasteiger partial charge in [0.05, 0.1) is 25.0 Å². The minimum Gasteiger partial charge on any atom is -0.485 e. The molecule has 1 saturated heterocycles. The monoisotopic (exact) mass is 576 g/mol. The van der Waals surface area contributed by atoms with Crippen LogP contribution in [0.15, 0.2) is 6.07 Å². The highest BCUT2D eigenvalue weighted by Crippen LogP contribution is 2.27. The van der Waals surface area contributed by atoms with Crippen LogP contribution in [-0.2, 0) is 19.1 Å². The third-order valence-corrected chi connectivity index (χ3v) is 6.85. The summed E-state index contributed by atoms with van der Waals surface area (Å²) in [5, 5.41) is 13.2. The molecule has 0 bridgehead atoms. The molecule has 0 aromatic heterocycles. The molecule has 2 N–H and O–H groups in total. The summed E-state index contributed by atoms with van der Waals surface area (Å²) in [6.45, 7) is 3.26. The van der Waals surface area contributed by atoms with Crippen LogP contribution in [0, 0.1) is 35.1 Å². The second-order valence-electron chi connectivity index (χ2n) is 10.6. The Morgan fingerprint density at radius 3 is 2.30 bits per heavy atom. The molecule has 1 heterocycles. The van der Waals surface area contributed by atoms with E-state index >= 15 is 0 Å². The molecule has 2 aliphatic rings. The van der Waals surface area contributed by atoms with E-state index in [-0.39, 0.29) is 31.2 Å². The molecule has 1 aromatic carbocycles. The topological polar surface area (TPSA) is 114 Å². The Kier molecular flexibility index (Phi) is 11.4. The van der Waals surface area contributed by atoms with Crippen LogP contribution in [0.4, 0.5) is 22.4 Å². The van der Waals surface area contributed by atoms with Gasteiger partial charge < -0.3 is 29.5 Å². The van der Waals surface area contributed by atoms with Crippen LogP contribution in [0.3, 0.4) is 0 Å². The predicted molar refractivity (Wildman–Crippen MR) is 133 cm³/mol. The van der Waals surface area contributed by atoms with Crippen molar-refractivity contribution in [3.8, 4) is 5.75 Å². The average molecular weight is 577 g/mol. The van der Waals surface area contributed by atoms with Gasteiger partial charge in [0.2, 0.25) is 17.5 Å². The first-order valence-corrected chi connectivity index (χ1v) is 13.5. The molecular weight excluding hydrogens is 540 g/mol. The molecule has 0 spiro atoms. The van der Waals surface area contributed by atoms with E-state index in [1.807, 2.05) is 13.8 Å². The van der Waals surface area contributed by atoms with Crippen molar-refractivity contribution in [1.29, 1.82) is 0 Å². The lowest BCUT2D eigenvalue weighted by Gasteiger charge is -2.33. The summed E-state index contributed by atoms with van der Waals surface area (Å²) < 4.78 is 70.5. The van der Waals surface area contributed by atoms with Crippen molar-refractivity contribution >= 4 is 18.0 Å². The van der Waals surface area contributed by atoms with Crippen molar-refractivity contribution in [3.63, 3.8) is 0 Å². The predicted octanol–water partition coefficient (Wildman–Crippen LogP) is 3.85. The Bertz CT molecular complexity index is 1030. The molecule has 9 nitrogen and oxygen atoms in total. The Hall–Kier alpha value is -3.09. The average Bonchev–Trinajstić information content (AvgIpc) is 3.43. The van der Waals surface area contributed by atoms with Gasteiger partial charge in [0, 0.05) is 19.2 Å². The van der Waals surface area contributed by atoms with Crippen molar-refractivity contribution in [1.82, 2.24) is 10.2 Å². The quantitative estimate of drug-likeness (QED) is 0.234. The largest absolute Gasteiger partial charge is 0.485 e. The molecule has 1 saturated carbocycles. The summed E-state index contributed by atoms with van der Waals surface area (Å²) in [4.78, 5) is 39.5. The van der Waals surface area contributed by atoms with E-state index in [0.29, 0.717) is 19.4 Å². The van der Waals surface area contributed by atoms with Gasteiger partial charge in [-0.3, -0.25) is 9.59 Å². The van der Waals surface area contributed by atoms with Gasteiger partial charge in [-0.25, -0.2) is 13.6 Å². The second-order valence-corrected chi connectivity index (χ2v) is 10.6. The number of halogens is 4. The summed E-state index contributed by atoms with van der Waals surface area (Å²) in [6, 6.07) is -1.32. The van der Waals surface area contributed by atoms with Gasteiger partial charge in [-0.1, -0.05) is 13.8 Å². The number of ether oxygens (including phenoxy) is 3. The smallest absolute Gasteiger partial charge is 0.410 e. The number of aliphatic hydroxyl groups is 1. The van der Waals surface area contributed by atoms with Crippen LogP contribution >= 0.6 is 0 Å².